The molecule has 0 aromatic heterocycles. The van der Waals surface area contributed by atoms with Gasteiger partial charge in [-0.2, -0.15) is 0 Å². The highest BCUT2D eigenvalue weighted by Crippen LogP contribution is 2.45. The fraction of sp³-hybridized carbons (Fsp3) is 0.882. The number of nitrogens with one attached hydrogen (secondary N) is 1. The Labute approximate surface area is 128 Å². The van der Waals surface area contributed by atoms with Crippen molar-refractivity contribution in [1.29, 1.82) is 0 Å². The van der Waals surface area contributed by atoms with Gasteiger partial charge in [-0.1, -0.05) is 40.0 Å². The lowest BCUT2D eigenvalue weighted by Gasteiger charge is -2.48. The first-order chi connectivity index (χ1) is 9.96. The molecule has 2 fully saturated rings. The molecule has 0 aromatic rings. The van der Waals surface area contributed by atoms with Crippen molar-refractivity contribution in [3.8, 4) is 0 Å². The summed E-state index contributed by atoms with van der Waals surface area (Å²) in [6.07, 6.45) is 6.26. The van der Waals surface area contributed by atoms with Gasteiger partial charge in [0.2, 0.25) is 11.8 Å². The molecule has 21 heavy (non-hydrogen) atoms. The van der Waals surface area contributed by atoms with E-state index in [0.717, 1.165) is 45.1 Å². The molecule has 1 saturated carbocycles. The molecule has 3 atom stereocenters. The predicted molar refractivity (Wildman–Crippen MR) is 83.8 cm³/mol. The van der Waals surface area contributed by atoms with Crippen molar-refractivity contribution in [2.75, 3.05) is 6.54 Å². The van der Waals surface area contributed by atoms with Crippen LogP contribution in [0.4, 0.5) is 0 Å². The number of carbonyl (C=O) groups is 2. The SMILES string of the molecule is CCCCCN1C(=O)C(C(C)CC)NC(=O)C1(C)C1CC1. The molecule has 1 heterocycles. The maximum Gasteiger partial charge on any atom is 0.246 e. The topological polar surface area (TPSA) is 49.4 Å². The fourth-order valence-electron chi connectivity index (χ4n) is 3.40. The average Bonchev–Trinajstić information content (AvgIpc) is 3.30. The number of hydrogen-bond donors (Lipinski definition) is 1. The van der Waals surface area contributed by atoms with Gasteiger partial charge in [-0.05, 0) is 38.0 Å². The second kappa shape index (κ2) is 6.37. The number of hydrogen-bond acceptors (Lipinski definition) is 2. The Bertz CT molecular complexity index is 406. The molecule has 4 heteroatoms. The normalized spacial score (nSPS) is 31.2. The molecule has 0 spiro atoms. The van der Waals surface area contributed by atoms with E-state index in [1.54, 1.807) is 0 Å². The summed E-state index contributed by atoms with van der Waals surface area (Å²) in [5, 5.41) is 3.02. The van der Waals surface area contributed by atoms with E-state index in [9.17, 15) is 9.59 Å². The maximum absolute atomic E-state index is 12.9. The van der Waals surface area contributed by atoms with Gasteiger partial charge >= 0.3 is 0 Å². The summed E-state index contributed by atoms with van der Waals surface area (Å²) in [7, 11) is 0. The predicted octanol–water partition coefficient (Wildman–Crippen LogP) is 2.72. The maximum atomic E-state index is 12.9. The number of amides is 2. The zero-order valence-corrected chi connectivity index (χ0v) is 13.9. The summed E-state index contributed by atoms with van der Waals surface area (Å²) in [4.78, 5) is 27.5. The van der Waals surface area contributed by atoms with Crippen molar-refractivity contribution in [3.05, 3.63) is 0 Å². The zero-order chi connectivity index (χ0) is 15.6. The second-order valence-corrected chi connectivity index (χ2v) is 6.96. The number of piperazine rings is 1. The average molecular weight is 294 g/mol. The van der Waals surface area contributed by atoms with Crippen LogP contribution in [-0.4, -0.2) is 34.8 Å². The molecule has 1 aliphatic heterocycles. The van der Waals surface area contributed by atoms with Crippen LogP contribution in [0, 0.1) is 11.8 Å². The molecule has 0 aromatic carbocycles. The third-order valence-electron chi connectivity index (χ3n) is 5.41. The van der Waals surface area contributed by atoms with Crippen LogP contribution >= 0.6 is 0 Å². The van der Waals surface area contributed by atoms with Gasteiger partial charge in [-0.15, -0.1) is 0 Å². The van der Waals surface area contributed by atoms with Gasteiger partial charge in [0.1, 0.15) is 11.6 Å². The van der Waals surface area contributed by atoms with Gasteiger partial charge in [0, 0.05) is 6.54 Å². The first-order valence-electron chi connectivity index (χ1n) is 8.59. The highest BCUT2D eigenvalue weighted by atomic mass is 16.2. The first kappa shape index (κ1) is 16.3. The number of carbonyl (C=O) groups excluding carboxylic acids is 2. The summed E-state index contributed by atoms with van der Waals surface area (Å²) in [6, 6.07) is -0.337. The van der Waals surface area contributed by atoms with Crippen LogP contribution in [0.25, 0.3) is 0 Å². The van der Waals surface area contributed by atoms with E-state index in [2.05, 4.69) is 19.2 Å². The summed E-state index contributed by atoms with van der Waals surface area (Å²) in [5.74, 6) is 0.737. The van der Waals surface area contributed by atoms with Gasteiger partial charge in [-0.25, -0.2) is 0 Å². The molecular weight excluding hydrogens is 264 g/mol. The Morgan fingerprint density at radius 3 is 2.48 bits per heavy atom. The Morgan fingerprint density at radius 2 is 1.95 bits per heavy atom. The summed E-state index contributed by atoms with van der Waals surface area (Å²) in [5.41, 5.74) is -0.616. The lowest BCUT2D eigenvalue weighted by molar-refractivity contribution is -0.159. The van der Waals surface area contributed by atoms with Crippen LogP contribution in [0.5, 0.6) is 0 Å². The molecule has 120 valence electrons. The van der Waals surface area contributed by atoms with Crippen LogP contribution in [0.1, 0.15) is 66.2 Å². The van der Waals surface area contributed by atoms with Crippen molar-refractivity contribution in [3.63, 3.8) is 0 Å². The third-order valence-corrected chi connectivity index (χ3v) is 5.41. The molecule has 0 bridgehead atoms. The second-order valence-electron chi connectivity index (χ2n) is 6.96. The van der Waals surface area contributed by atoms with Crippen molar-refractivity contribution in [1.82, 2.24) is 10.2 Å². The Balaban J connectivity index is 2.21. The molecule has 1 saturated heterocycles. The van der Waals surface area contributed by atoms with E-state index in [0.29, 0.717) is 5.92 Å². The van der Waals surface area contributed by atoms with Gasteiger partial charge in [0.05, 0.1) is 0 Å². The van der Waals surface area contributed by atoms with Crippen LogP contribution in [0.15, 0.2) is 0 Å². The number of rotatable bonds is 7. The molecular formula is C17H30N2O2. The molecule has 2 rings (SSSR count). The highest BCUT2D eigenvalue weighted by molar-refractivity contribution is 6.00. The molecule has 4 nitrogen and oxygen atoms in total. The molecule has 0 radical (unpaired) electrons. The quantitative estimate of drug-likeness (QED) is 0.734. The van der Waals surface area contributed by atoms with E-state index in [4.69, 9.17) is 0 Å². The van der Waals surface area contributed by atoms with Gasteiger partial charge < -0.3 is 10.2 Å². The minimum atomic E-state index is -0.616. The summed E-state index contributed by atoms with van der Waals surface area (Å²) in [6.45, 7) is 8.97. The zero-order valence-electron chi connectivity index (χ0n) is 13.9. The van der Waals surface area contributed by atoms with E-state index < -0.39 is 5.54 Å². The largest absolute Gasteiger partial charge is 0.342 e. The van der Waals surface area contributed by atoms with Crippen molar-refractivity contribution < 1.29 is 9.59 Å². The van der Waals surface area contributed by atoms with E-state index in [1.807, 2.05) is 18.7 Å². The van der Waals surface area contributed by atoms with Gasteiger partial charge in [0.15, 0.2) is 0 Å². The lowest BCUT2D eigenvalue weighted by atomic mass is 9.84. The van der Waals surface area contributed by atoms with Gasteiger partial charge in [-0.3, -0.25) is 9.59 Å². The van der Waals surface area contributed by atoms with Crippen LogP contribution in [0.2, 0.25) is 0 Å². The number of nitrogens with zero attached hydrogens (tertiary/aromatic N) is 1. The van der Waals surface area contributed by atoms with E-state index in [-0.39, 0.29) is 23.8 Å². The molecule has 2 amide bonds. The Kier molecular flexibility index (Phi) is 4.95. The number of unbranched alkanes of at least 4 members (excludes halogenated alkanes) is 2. The van der Waals surface area contributed by atoms with Crippen LogP contribution < -0.4 is 5.32 Å². The van der Waals surface area contributed by atoms with Crippen molar-refractivity contribution >= 4 is 11.8 Å². The highest BCUT2D eigenvalue weighted by Gasteiger charge is 2.57. The standard InChI is InChI=1S/C17H30N2O2/c1-5-7-8-11-19-15(20)14(12(3)6-2)18-16(21)17(19,4)13-9-10-13/h12-14H,5-11H2,1-4H3,(H,18,21). The van der Waals surface area contributed by atoms with E-state index in [1.165, 1.54) is 0 Å². The Morgan fingerprint density at radius 1 is 1.29 bits per heavy atom. The van der Waals surface area contributed by atoms with Gasteiger partial charge in [0.25, 0.3) is 0 Å². The molecule has 1 aliphatic carbocycles. The van der Waals surface area contributed by atoms with E-state index >= 15 is 0 Å². The fourth-order valence-corrected chi connectivity index (χ4v) is 3.40. The van der Waals surface area contributed by atoms with Crippen molar-refractivity contribution in [2.45, 2.75) is 77.8 Å². The minimum Gasteiger partial charge on any atom is -0.342 e. The molecule has 1 N–H and O–H groups in total. The van der Waals surface area contributed by atoms with Crippen LogP contribution in [0.3, 0.4) is 0 Å². The summed E-state index contributed by atoms with van der Waals surface area (Å²) < 4.78 is 0. The first-order valence-corrected chi connectivity index (χ1v) is 8.59. The molecule has 2 aliphatic rings. The lowest BCUT2D eigenvalue weighted by Crippen LogP contribution is -2.71. The minimum absolute atomic E-state index is 0.0615. The smallest absolute Gasteiger partial charge is 0.246 e. The molecule has 3 unspecified atom stereocenters. The van der Waals surface area contributed by atoms with Crippen LogP contribution in [-0.2, 0) is 9.59 Å². The summed E-state index contributed by atoms with van der Waals surface area (Å²) >= 11 is 0. The Hall–Kier alpha value is -1.06. The van der Waals surface area contributed by atoms with Crippen molar-refractivity contribution in [2.24, 2.45) is 11.8 Å². The monoisotopic (exact) mass is 294 g/mol. The third kappa shape index (κ3) is 2.95.